The highest BCUT2D eigenvalue weighted by atomic mass is 35.5. The second kappa shape index (κ2) is 7.17. The number of allylic oxidation sites excluding steroid dienone is 3. The molecule has 0 spiro atoms. The SMILES string of the molecule is Cc1ncc2oc(C3=CC=C(C(=O)NCc4csc5ccc(Cl)cc45)CC3)nn12. The molecule has 3 heterocycles. The maximum Gasteiger partial charge on any atom is 0.247 e. The zero-order valence-corrected chi connectivity index (χ0v) is 17.2. The molecule has 0 saturated heterocycles. The van der Waals surface area contributed by atoms with Crippen LogP contribution in [0.2, 0.25) is 5.02 Å². The lowest BCUT2D eigenvalue weighted by molar-refractivity contribution is -0.117. The highest BCUT2D eigenvalue weighted by Crippen LogP contribution is 2.29. The van der Waals surface area contributed by atoms with Crippen LogP contribution >= 0.6 is 22.9 Å². The van der Waals surface area contributed by atoms with E-state index in [0.29, 0.717) is 36.0 Å². The lowest BCUT2D eigenvalue weighted by atomic mass is 9.97. The second-order valence-electron chi connectivity index (χ2n) is 6.93. The number of halogens is 1. The van der Waals surface area contributed by atoms with Gasteiger partial charge in [0, 0.05) is 27.4 Å². The molecule has 1 amide bonds. The number of amides is 1. The van der Waals surface area contributed by atoms with Crippen LogP contribution in [0.15, 0.2) is 51.9 Å². The van der Waals surface area contributed by atoms with E-state index in [1.165, 1.54) is 0 Å². The number of nitrogens with one attached hydrogen (secondary N) is 1. The molecule has 0 bridgehead atoms. The van der Waals surface area contributed by atoms with Gasteiger partial charge in [-0.3, -0.25) is 4.79 Å². The summed E-state index contributed by atoms with van der Waals surface area (Å²) in [6.07, 6.45) is 6.76. The number of rotatable bonds is 4. The summed E-state index contributed by atoms with van der Waals surface area (Å²) in [5, 5.41) is 11.3. The predicted molar refractivity (Wildman–Crippen MR) is 114 cm³/mol. The summed E-state index contributed by atoms with van der Waals surface area (Å²) in [4.78, 5) is 16.8. The van der Waals surface area contributed by atoms with Crippen molar-refractivity contribution in [2.75, 3.05) is 0 Å². The number of nitrogens with zero attached hydrogens (tertiary/aromatic N) is 3. The summed E-state index contributed by atoms with van der Waals surface area (Å²) in [6, 6.07) is 5.83. The van der Waals surface area contributed by atoms with Crippen LogP contribution in [0.5, 0.6) is 0 Å². The van der Waals surface area contributed by atoms with Gasteiger partial charge in [-0.25, -0.2) is 4.98 Å². The van der Waals surface area contributed by atoms with Gasteiger partial charge in [-0.1, -0.05) is 23.8 Å². The Labute approximate surface area is 175 Å². The minimum Gasteiger partial charge on any atom is -0.417 e. The Balaban J connectivity index is 1.29. The lowest BCUT2D eigenvalue weighted by Crippen LogP contribution is -2.25. The minimum absolute atomic E-state index is 0.0535. The number of aromatic nitrogens is 3. The van der Waals surface area contributed by atoms with E-state index in [2.05, 4.69) is 20.8 Å². The number of benzene rings is 1. The Kier molecular flexibility index (Phi) is 4.49. The van der Waals surface area contributed by atoms with Crippen LogP contribution in [-0.2, 0) is 11.3 Å². The zero-order chi connectivity index (χ0) is 20.0. The van der Waals surface area contributed by atoms with Crippen molar-refractivity contribution >= 4 is 50.2 Å². The van der Waals surface area contributed by atoms with Gasteiger partial charge in [-0.2, -0.15) is 4.52 Å². The van der Waals surface area contributed by atoms with Crippen molar-refractivity contribution in [3.05, 3.63) is 69.8 Å². The van der Waals surface area contributed by atoms with E-state index in [1.807, 2.05) is 37.3 Å². The van der Waals surface area contributed by atoms with Crippen LogP contribution in [0.4, 0.5) is 0 Å². The summed E-state index contributed by atoms with van der Waals surface area (Å²) >= 11 is 7.76. The fraction of sp³-hybridized carbons (Fsp3) is 0.190. The van der Waals surface area contributed by atoms with Crippen LogP contribution in [0, 0.1) is 6.92 Å². The fourth-order valence-corrected chi connectivity index (χ4v) is 4.55. The van der Waals surface area contributed by atoms with Gasteiger partial charge in [0.2, 0.25) is 17.5 Å². The largest absolute Gasteiger partial charge is 0.417 e. The molecule has 146 valence electrons. The number of imidazole rings is 1. The van der Waals surface area contributed by atoms with Gasteiger partial charge < -0.3 is 9.73 Å². The lowest BCUT2D eigenvalue weighted by Gasteiger charge is -2.12. The van der Waals surface area contributed by atoms with Crippen molar-refractivity contribution in [2.45, 2.75) is 26.3 Å². The molecular formula is C21H17ClN4O2S. The molecule has 0 atom stereocenters. The molecule has 0 saturated carbocycles. The molecule has 29 heavy (non-hydrogen) atoms. The summed E-state index contributed by atoms with van der Waals surface area (Å²) in [5.74, 6) is 1.30. The van der Waals surface area contributed by atoms with Crippen LogP contribution in [0.1, 0.15) is 30.1 Å². The molecule has 3 aromatic heterocycles. The summed E-state index contributed by atoms with van der Waals surface area (Å²) in [6.45, 7) is 2.35. The molecular weight excluding hydrogens is 408 g/mol. The molecule has 0 aliphatic heterocycles. The van der Waals surface area contributed by atoms with E-state index in [1.54, 1.807) is 22.0 Å². The Hall–Kier alpha value is -2.90. The van der Waals surface area contributed by atoms with Crippen LogP contribution < -0.4 is 5.32 Å². The smallest absolute Gasteiger partial charge is 0.247 e. The first kappa shape index (κ1) is 18.1. The van der Waals surface area contributed by atoms with E-state index in [0.717, 1.165) is 32.6 Å². The Morgan fingerprint density at radius 2 is 2.24 bits per heavy atom. The van der Waals surface area contributed by atoms with Gasteiger partial charge in [0.1, 0.15) is 5.82 Å². The fourth-order valence-electron chi connectivity index (χ4n) is 3.43. The Morgan fingerprint density at radius 3 is 3.03 bits per heavy atom. The van der Waals surface area contributed by atoms with Crippen LogP contribution in [0.3, 0.4) is 0 Å². The third kappa shape index (κ3) is 3.36. The van der Waals surface area contributed by atoms with E-state index in [4.69, 9.17) is 16.0 Å². The quantitative estimate of drug-likeness (QED) is 0.504. The number of carbonyl (C=O) groups excluding carboxylic acids is 1. The van der Waals surface area contributed by atoms with E-state index < -0.39 is 0 Å². The van der Waals surface area contributed by atoms with Crippen molar-refractivity contribution in [1.29, 1.82) is 0 Å². The molecule has 1 N–H and O–H groups in total. The normalized spacial score (nSPS) is 14.3. The highest BCUT2D eigenvalue weighted by Gasteiger charge is 2.19. The molecule has 6 nitrogen and oxygen atoms in total. The number of fused-ring (bicyclic) bond motifs is 2. The van der Waals surface area contributed by atoms with Gasteiger partial charge in [0.15, 0.2) is 0 Å². The minimum atomic E-state index is -0.0535. The number of hydrogen-bond acceptors (Lipinski definition) is 5. The topological polar surface area (TPSA) is 72.4 Å². The first-order chi connectivity index (χ1) is 14.1. The first-order valence-corrected chi connectivity index (χ1v) is 10.5. The molecule has 5 rings (SSSR count). The van der Waals surface area contributed by atoms with E-state index >= 15 is 0 Å². The number of hydrogen-bond donors (Lipinski definition) is 1. The van der Waals surface area contributed by atoms with Gasteiger partial charge in [-0.05, 0) is 54.3 Å². The zero-order valence-electron chi connectivity index (χ0n) is 15.6. The van der Waals surface area contributed by atoms with Crippen LogP contribution in [-0.4, -0.2) is 20.5 Å². The van der Waals surface area contributed by atoms with Crippen molar-refractivity contribution < 1.29 is 9.21 Å². The van der Waals surface area contributed by atoms with Crippen molar-refractivity contribution in [3.8, 4) is 0 Å². The summed E-state index contributed by atoms with van der Waals surface area (Å²) < 4.78 is 8.60. The van der Waals surface area contributed by atoms with Crippen molar-refractivity contribution in [3.63, 3.8) is 0 Å². The van der Waals surface area contributed by atoms with Crippen molar-refractivity contribution in [1.82, 2.24) is 19.9 Å². The molecule has 1 aliphatic carbocycles. The van der Waals surface area contributed by atoms with Gasteiger partial charge in [0.05, 0.1) is 6.20 Å². The highest BCUT2D eigenvalue weighted by molar-refractivity contribution is 7.17. The van der Waals surface area contributed by atoms with Crippen LogP contribution in [0.25, 0.3) is 21.4 Å². The Bertz CT molecular complexity index is 1310. The summed E-state index contributed by atoms with van der Waals surface area (Å²) in [5.41, 5.74) is 3.42. The number of carbonyl (C=O) groups is 1. The maximum absolute atomic E-state index is 12.6. The third-order valence-corrected chi connectivity index (χ3v) is 6.29. The molecule has 0 unspecified atom stereocenters. The van der Waals surface area contributed by atoms with E-state index in [-0.39, 0.29) is 5.91 Å². The van der Waals surface area contributed by atoms with E-state index in [9.17, 15) is 4.79 Å². The first-order valence-electron chi connectivity index (χ1n) is 9.23. The molecule has 1 aromatic carbocycles. The molecule has 0 fully saturated rings. The second-order valence-corrected chi connectivity index (χ2v) is 8.28. The van der Waals surface area contributed by atoms with Gasteiger partial charge in [-0.15, -0.1) is 16.4 Å². The molecule has 0 radical (unpaired) electrons. The average Bonchev–Trinajstić information content (AvgIpc) is 3.42. The van der Waals surface area contributed by atoms with Gasteiger partial charge >= 0.3 is 0 Å². The average molecular weight is 425 g/mol. The molecule has 8 heteroatoms. The number of thiophene rings is 1. The molecule has 4 aromatic rings. The number of aryl methyl sites for hydroxylation is 1. The predicted octanol–water partition coefficient (Wildman–Crippen LogP) is 4.92. The summed E-state index contributed by atoms with van der Waals surface area (Å²) in [7, 11) is 0. The standard InChI is InChI=1S/C21H17ClN4O2S/c1-12-23-10-19-26(12)25-21(28-19)14-4-2-13(3-5-14)20(27)24-9-15-11-29-18-7-6-16(22)8-17(15)18/h2,4,6-8,10-11H,3,5,9H2,1H3,(H,24,27). The monoisotopic (exact) mass is 424 g/mol. The third-order valence-electron chi connectivity index (χ3n) is 5.04. The Morgan fingerprint density at radius 1 is 1.34 bits per heavy atom. The van der Waals surface area contributed by atoms with Gasteiger partial charge in [0.25, 0.3) is 0 Å². The van der Waals surface area contributed by atoms with Crippen molar-refractivity contribution in [2.24, 2.45) is 0 Å². The molecule has 1 aliphatic rings. The maximum atomic E-state index is 12.6.